The second kappa shape index (κ2) is 15.4. The minimum absolute atomic E-state index is 0.00578. The van der Waals surface area contributed by atoms with Crippen molar-refractivity contribution in [3.05, 3.63) is 0 Å². The summed E-state index contributed by atoms with van der Waals surface area (Å²) >= 11 is 0. The van der Waals surface area contributed by atoms with Crippen LogP contribution < -0.4 is 33.2 Å². The van der Waals surface area contributed by atoms with Crippen LogP contribution >= 0.6 is 0 Å². The van der Waals surface area contributed by atoms with E-state index in [1.165, 1.54) is 0 Å². The summed E-state index contributed by atoms with van der Waals surface area (Å²) in [7, 11) is 0. The van der Waals surface area contributed by atoms with Gasteiger partial charge in [-0.1, -0.05) is 20.3 Å². The van der Waals surface area contributed by atoms with E-state index in [9.17, 15) is 24.0 Å². The number of nitrogens with zero attached hydrogens (tertiary/aromatic N) is 1. The van der Waals surface area contributed by atoms with Crippen LogP contribution in [0, 0.1) is 5.92 Å². The van der Waals surface area contributed by atoms with Crippen LogP contribution in [-0.2, 0) is 24.0 Å². The zero-order valence-electron chi connectivity index (χ0n) is 19.2. The van der Waals surface area contributed by atoms with Gasteiger partial charge in [0.1, 0.15) is 18.1 Å². The molecule has 0 aromatic rings. The summed E-state index contributed by atoms with van der Waals surface area (Å²) in [4.78, 5) is 63.6. The van der Waals surface area contributed by atoms with Crippen LogP contribution in [0.25, 0.3) is 0 Å². The molecule has 0 aromatic heterocycles. The SMILES string of the molecule is CCC(C)C(NC(=O)C(N)CC(=O)O)C(=O)NC(CCCN=C(N)N)C(=O)NC(CO)C(=O)O. The van der Waals surface area contributed by atoms with E-state index in [1.54, 1.807) is 13.8 Å². The van der Waals surface area contributed by atoms with Crippen molar-refractivity contribution in [2.24, 2.45) is 28.1 Å². The van der Waals surface area contributed by atoms with E-state index in [-0.39, 0.29) is 25.3 Å². The Morgan fingerprint density at radius 1 is 0.941 bits per heavy atom. The molecular weight excluding hydrogens is 454 g/mol. The summed E-state index contributed by atoms with van der Waals surface area (Å²) in [6.45, 7) is 2.67. The Bertz CT molecular complexity index is 757. The normalized spacial score (nSPS) is 15.1. The number of aliphatic imine (C=N–C) groups is 1. The lowest BCUT2D eigenvalue weighted by Gasteiger charge is -2.27. The number of nitrogens with two attached hydrogens (primary N) is 3. The molecule has 0 aliphatic heterocycles. The summed E-state index contributed by atoms with van der Waals surface area (Å²) in [6.07, 6.45) is 0.0382. The van der Waals surface area contributed by atoms with Gasteiger partial charge in [-0.3, -0.25) is 24.2 Å². The van der Waals surface area contributed by atoms with E-state index in [1.807, 2.05) is 0 Å². The average molecular weight is 490 g/mol. The maximum Gasteiger partial charge on any atom is 0.328 e. The monoisotopic (exact) mass is 489 g/mol. The fourth-order valence-electron chi connectivity index (χ4n) is 2.73. The molecule has 0 rings (SSSR count). The van der Waals surface area contributed by atoms with Crippen molar-refractivity contribution in [2.45, 2.75) is 63.7 Å². The molecule has 5 unspecified atom stereocenters. The highest BCUT2D eigenvalue weighted by atomic mass is 16.4. The molecule has 0 bridgehead atoms. The Kier molecular flexibility index (Phi) is 13.8. The molecule has 0 aromatic carbocycles. The van der Waals surface area contributed by atoms with E-state index < -0.39 is 72.8 Å². The highest BCUT2D eigenvalue weighted by Gasteiger charge is 2.32. The average Bonchev–Trinajstić information content (AvgIpc) is 2.75. The smallest absolute Gasteiger partial charge is 0.328 e. The van der Waals surface area contributed by atoms with Crippen LogP contribution in [0.2, 0.25) is 0 Å². The fourth-order valence-corrected chi connectivity index (χ4v) is 2.73. The van der Waals surface area contributed by atoms with E-state index in [2.05, 4.69) is 20.9 Å². The number of nitrogens with one attached hydrogen (secondary N) is 3. The third-order valence-corrected chi connectivity index (χ3v) is 4.90. The Morgan fingerprint density at radius 3 is 2.00 bits per heavy atom. The van der Waals surface area contributed by atoms with Gasteiger partial charge >= 0.3 is 11.9 Å². The standard InChI is InChI=1S/C19H35N7O8/c1-3-9(2)14(26-15(30)10(20)7-13(28)29)17(32)24-11(5-4-6-23-19(21)22)16(31)25-12(8-27)18(33)34/h9-12,14,27H,3-8,20H2,1-2H3,(H,24,32)(H,25,31)(H,26,30)(H,28,29)(H,33,34)(H4,21,22,23). The Morgan fingerprint density at radius 2 is 1.53 bits per heavy atom. The molecule has 15 heteroatoms. The number of carbonyl (C=O) groups is 5. The largest absolute Gasteiger partial charge is 0.481 e. The van der Waals surface area contributed by atoms with Crippen molar-refractivity contribution in [3.63, 3.8) is 0 Å². The van der Waals surface area contributed by atoms with Crippen LogP contribution in [0.3, 0.4) is 0 Å². The van der Waals surface area contributed by atoms with Gasteiger partial charge in [-0.15, -0.1) is 0 Å². The van der Waals surface area contributed by atoms with Crippen LogP contribution in [0.15, 0.2) is 4.99 Å². The topological polar surface area (TPSA) is 273 Å². The first-order valence-corrected chi connectivity index (χ1v) is 10.6. The summed E-state index contributed by atoms with van der Waals surface area (Å²) in [5.74, 6) is -5.86. The Hall–Kier alpha value is -3.46. The fraction of sp³-hybridized carbons (Fsp3) is 0.684. The minimum Gasteiger partial charge on any atom is -0.481 e. The van der Waals surface area contributed by atoms with Crippen LogP contribution in [0.5, 0.6) is 0 Å². The number of amides is 3. The van der Waals surface area contributed by atoms with E-state index in [0.29, 0.717) is 6.42 Å². The van der Waals surface area contributed by atoms with E-state index >= 15 is 0 Å². The number of aliphatic hydroxyl groups excluding tert-OH is 1. The van der Waals surface area contributed by atoms with Crippen molar-refractivity contribution in [1.82, 2.24) is 16.0 Å². The quantitative estimate of drug-likeness (QED) is 0.0580. The third kappa shape index (κ3) is 11.4. The lowest BCUT2D eigenvalue weighted by molar-refractivity contribution is -0.143. The van der Waals surface area contributed by atoms with Crippen molar-refractivity contribution in [1.29, 1.82) is 0 Å². The van der Waals surface area contributed by atoms with Crippen LogP contribution in [-0.4, -0.2) is 88.3 Å². The van der Waals surface area contributed by atoms with Gasteiger partial charge in [0.25, 0.3) is 0 Å². The van der Waals surface area contributed by atoms with Crippen LogP contribution in [0.4, 0.5) is 0 Å². The van der Waals surface area contributed by atoms with Gasteiger partial charge in [0, 0.05) is 6.54 Å². The Labute approximate surface area is 196 Å². The predicted molar refractivity (Wildman–Crippen MR) is 120 cm³/mol. The zero-order chi connectivity index (χ0) is 26.4. The number of aliphatic hydroxyl groups is 1. The van der Waals surface area contributed by atoms with Gasteiger partial charge < -0.3 is 48.5 Å². The molecule has 0 saturated carbocycles. The first kappa shape index (κ1) is 30.5. The van der Waals surface area contributed by atoms with Gasteiger partial charge in [0.15, 0.2) is 5.96 Å². The van der Waals surface area contributed by atoms with Crippen molar-refractivity contribution in [2.75, 3.05) is 13.2 Å². The van der Waals surface area contributed by atoms with Crippen molar-refractivity contribution >= 4 is 35.6 Å². The molecule has 0 aliphatic carbocycles. The number of carboxylic acids is 2. The Balaban J connectivity index is 5.58. The zero-order valence-corrected chi connectivity index (χ0v) is 19.2. The lowest BCUT2D eigenvalue weighted by atomic mass is 9.97. The number of rotatable bonds is 16. The van der Waals surface area contributed by atoms with E-state index in [0.717, 1.165) is 0 Å². The first-order chi connectivity index (χ1) is 15.8. The molecule has 194 valence electrons. The number of carbonyl (C=O) groups excluding carboxylic acids is 3. The molecule has 0 aliphatic rings. The highest BCUT2D eigenvalue weighted by Crippen LogP contribution is 2.10. The summed E-state index contributed by atoms with van der Waals surface area (Å²) in [6, 6.07) is -5.38. The molecule has 15 nitrogen and oxygen atoms in total. The van der Waals surface area contributed by atoms with Gasteiger partial charge in [0.05, 0.1) is 19.1 Å². The third-order valence-electron chi connectivity index (χ3n) is 4.90. The van der Waals surface area contributed by atoms with Gasteiger partial charge in [0.2, 0.25) is 17.7 Å². The van der Waals surface area contributed by atoms with Crippen LogP contribution in [0.1, 0.15) is 39.5 Å². The number of carboxylic acid groups (broad SMARTS) is 2. The molecular formula is C19H35N7O8. The highest BCUT2D eigenvalue weighted by molar-refractivity contribution is 5.94. The maximum atomic E-state index is 13.0. The van der Waals surface area contributed by atoms with Crippen molar-refractivity contribution < 1.29 is 39.3 Å². The molecule has 5 atom stereocenters. The molecule has 0 spiro atoms. The molecule has 0 heterocycles. The molecule has 0 fully saturated rings. The minimum atomic E-state index is -1.59. The van der Waals surface area contributed by atoms with Gasteiger partial charge in [-0.2, -0.15) is 0 Å². The molecule has 0 radical (unpaired) electrons. The molecule has 0 saturated heterocycles. The second-order valence-electron chi connectivity index (χ2n) is 7.67. The summed E-state index contributed by atoms with van der Waals surface area (Å²) < 4.78 is 0. The van der Waals surface area contributed by atoms with E-state index in [4.69, 9.17) is 32.5 Å². The van der Waals surface area contributed by atoms with Gasteiger partial charge in [-0.05, 0) is 18.8 Å². The molecule has 3 amide bonds. The van der Waals surface area contributed by atoms with Crippen molar-refractivity contribution in [3.8, 4) is 0 Å². The predicted octanol–water partition coefficient (Wildman–Crippen LogP) is -3.58. The number of hydrogen-bond acceptors (Lipinski definition) is 8. The summed E-state index contributed by atoms with van der Waals surface area (Å²) in [5, 5.41) is 34.0. The summed E-state index contributed by atoms with van der Waals surface area (Å²) in [5.41, 5.74) is 16.1. The van der Waals surface area contributed by atoms with Gasteiger partial charge in [-0.25, -0.2) is 4.79 Å². The molecule has 12 N–H and O–H groups in total. The first-order valence-electron chi connectivity index (χ1n) is 10.6. The maximum absolute atomic E-state index is 13.0. The number of hydrogen-bond donors (Lipinski definition) is 9. The lowest BCUT2D eigenvalue weighted by Crippen LogP contribution is -2.59. The number of aliphatic carboxylic acids is 2. The number of guanidine groups is 1. The molecule has 34 heavy (non-hydrogen) atoms. The second-order valence-corrected chi connectivity index (χ2v) is 7.67.